The number of anilines is 2. The average Bonchev–Trinajstić information content (AvgIpc) is 2.74. The first-order valence-corrected chi connectivity index (χ1v) is 10.1. The van der Waals surface area contributed by atoms with Crippen LogP contribution in [0.25, 0.3) is 0 Å². The summed E-state index contributed by atoms with van der Waals surface area (Å²) in [6.07, 6.45) is 2.92. The second kappa shape index (κ2) is 8.14. The Morgan fingerprint density at radius 1 is 1.17 bits per heavy atom. The molecule has 0 saturated carbocycles. The topological polar surface area (TPSA) is 102 Å². The molecular weight excluding hydrogens is 386 g/mol. The smallest absolute Gasteiger partial charge is 0.343 e. The predicted molar refractivity (Wildman–Crippen MR) is 112 cm³/mol. The summed E-state index contributed by atoms with van der Waals surface area (Å²) in [4.78, 5) is 37.3. The van der Waals surface area contributed by atoms with Gasteiger partial charge in [-0.05, 0) is 61.1 Å². The molecule has 1 amide bonds. The lowest BCUT2D eigenvalue weighted by Gasteiger charge is -2.31. The number of ether oxygens (including phenoxy) is 1. The van der Waals surface area contributed by atoms with Crippen molar-refractivity contribution in [3.63, 3.8) is 0 Å². The third-order valence-electron chi connectivity index (χ3n) is 5.71. The number of aryl methyl sites for hydroxylation is 1. The van der Waals surface area contributed by atoms with E-state index in [-0.39, 0.29) is 17.2 Å². The van der Waals surface area contributed by atoms with Crippen LogP contribution in [0.5, 0.6) is 5.75 Å². The first-order chi connectivity index (χ1) is 14.4. The fourth-order valence-corrected chi connectivity index (χ4v) is 3.90. The van der Waals surface area contributed by atoms with Crippen molar-refractivity contribution in [2.45, 2.75) is 32.6 Å². The van der Waals surface area contributed by atoms with E-state index in [4.69, 9.17) is 4.74 Å². The van der Waals surface area contributed by atoms with Gasteiger partial charge in [-0.15, -0.1) is 0 Å². The number of fused-ring (bicyclic) bond motifs is 1. The molecule has 1 fully saturated rings. The summed E-state index contributed by atoms with van der Waals surface area (Å²) in [6, 6.07) is 9.49. The fraction of sp³-hybridized carbons (Fsp3) is 0.364. The van der Waals surface area contributed by atoms with Crippen LogP contribution in [0.2, 0.25) is 0 Å². The number of esters is 1. The van der Waals surface area contributed by atoms with E-state index in [0.29, 0.717) is 35.9 Å². The lowest BCUT2D eigenvalue weighted by atomic mass is 9.98. The van der Waals surface area contributed by atoms with Crippen molar-refractivity contribution in [3.8, 4) is 5.75 Å². The number of amides is 1. The van der Waals surface area contributed by atoms with Crippen molar-refractivity contribution >= 4 is 28.9 Å². The highest BCUT2D eigenvalue weighted by molar-refractivity contribution is 5.95. The van der Waals surface area contributed by atoms with Gasteiger partial charge >= 0.3 is 5.97 Å². The van der Waals surface area contributed by atoms with Crippen molar-refractivity contribution in [2.75, 3.05) is 23.3 Å². The van der Waals surface area contributed by atoms with E-state index in [0.717, 1.165) is 31.5 Å². The Hall–Kier alpha value is -3.42. The number of carbonyl (C=O) groups is 2. The maximum atomic E-state index is 12.6. The van der Waals surface area contributed by atoms with Crippen molar-refractivity contribution in [1.29, 1.82) is 0 Å². The fourth-order valence-electron chi connectivity index (χ4n) is 3.90. The maximum absolute atomic E-state index is 12.6. The second-order valence-corrected chi connectivity index (χ2v) is 7.89. The zero-order valence-electron chi connectivity index (χ0n) is 16.7. The SMILES string of the molecule is CC1CCN(c2ccc(C(=O)Oc3ccc4c(c3)CCC(=O)N4)cc2[N+](=O)[O-])CC1. The lowest BCUT2D eigenvalue weighted by molar-refractivity contribution is -0.384. The average molecular weight is 409 g/mol. The van der Waals surface area contributed by atoms with E-state index in [1.54, 1.807) is 30.3 Å². The predicted octanol–water partition coefficient (Wildman–Crippen LogP) is 3.94. The Kier molecular flexibility index (Phi) is 5.39. The molecule has 4 rings (SSSR count). The summed E-state index contributed by atoms with van der Waals surface area (Å²) < 4.78 is 5.44. The lowest BCUT2D eigenvalue weighted by Crippen LogP contribution is -2.33. The molecule has 30 heavy (non-hydrogen) atoms. The van der Waals surface area contributed by atoms with E-state index in [2.05, 4.69) is 12.2 Å². The minimum absolute atomic E-state index is 0.0391. The highest BCUT2D eigenvalue weighted by atomic mass is 16.6. The highest BCUT2D eigenvalue weighted by Gasteiger charge is 2.25. The molecule has 156 valence electrons. The second-order valence-electron chi connectivity index (χ2n) is 7.89. The number of hydrogen-bond acceptors (Lipinski definition) is 6. The van der Waals surface area contributed by atoms with Crippen LogP contribution in [-0.2, 0) is 11.2 Å². The van der Waals surface area contributed by atoms with Crippen molar-refractivity contribution in [1.82, 2.24) is 0 Å². The molecule has 0 aliphatic carbocycles. The Bertz CT molecular complexity index is 1010. The van der Waals surface area contributed by atoms with Crippen LogP contribution in [-0.4, -0.2) is 29.9 Å². The molecule has 2 aliphatic rings. The molecule has 2 aliphatic heterocycles. The first-order valence-electron chi connectivity index (χ1n) is 10.1. The number of nitrogens with zero attached hydrogens (tertiary/aromatic N) is 2. The van der Waals surface area contributed by atoms with Crippen LogP contribution in [0.4, 0.5) is 17.1 Å². The summed E-state index contributed by atoms with van der Waals surface area (Å²) in [5, 5.41) is 14.4. The van der Waals surface area contributed by atoms with E-state index in [1.807, 2.05) is 4.90 Å². The summed E-state index contributed by atoms with van der Waals surface area (Å²) in [5.41, 5.74) is 2.17. The monoisotopic (exact) mass is 409 g/mol. The minimum atomic E-state index is -0.656. The standard InChI is InChI=1S/C22H23N3O5/c1-14-8-10-24(11-9-14)19-6-2-16(13-20(19)25(28)29)22(27)30-17-4-5-18-15(12-17)3-7-21(26)23-18/h2,4-6,12-14H,3,7-11H2,1H3,(H,23,26). The molecule has 2 aromatic carbocycles. The van der Waals surface area contributed by atoms with E-state index >= 15 is 0 Å². The number of carbonyl (C=O) groups excluding carboxylic acids is 2. The van der Waals surface area contributed by atoms with Gasteiger partial charge in [-0.1, -0.05) is 6.92 Å². The largest absolute Gasteiger partial charge is 0.423 e. The van der Waals surface area contributed by atoms with Gasteiger partial charge in [-0.25, -0.2) is 4.79 Å². The maximum Gasteiger partial charge on any atom is 0.343 e. The molecule has 8 nitrogen and oxygen atoms in total. The normalized spacial score (nSPS) is 16.6. The van der Waals surface area contributed by atoms with E-state index in [9.17, 15) is 19.7 Å². The molecule has 0 radical (unpaired) electrons. The molecule has 2 aromatic rings. The third-order valence-corrected chi connectivity index (χ3v) is 5.71. The van der Waals surface area contributed by atoms with Gasteiger partial charge in [-0.2, -0.15) is 0 Å². The van der Waals surface area contributed by atoms with Crippen molar-refractivity contribution < 1.29 is 19.2 Å². The van der Waals surface area contributed by atoms with E-state index < -0.39 is 10.9 Å². The van der Waals surface area contributed by atoms with Gasteiger partial charge in [0, 0.05) is 31.3 Å². The molecule has 2 heterocycles. The molecule has 0 spiro atoms. The van der Waals surface area contributed by atoms with Crippen molar-refractivity contribution in [2.24, 2.45) is 5.92 Å². The van der Waals surface area contributed by atoms with Crippen LogP contribution in [0.15, 0.2) is 36.4 Å². The van der Waals surface area contributed by atoms with Gasteiger partial charge < -0.3 is 15.0 Å². The van der Waals surface area contributed by atoms with Crippen LogP contribution in [0.1, 0.15) is 42.1 Å². The van der Waals surface area contributed by atoms with Crippen molar-refractivity contribution in [3.05, 3.63) is 57.6 Å². The Balaban J connectivity index is 1.53. The van der Waals surface area contributed by atoms with E-state index in [1.165, 1.54) is 6.07 Å². The number of hydrogen-bond donors (Lipinski definition) is 1. The summed E-state index contributed by atoms with van der Waals surface area (Å²) >= 11 is 0. The molecule has 1 N–H and O–H groups in total. The molecular formula is C22H23N3O5. The van der Waals surface area contributed by atoms with Gasteiger partial charge in [0.05, 0.1) is 10.5 Å². The number of benzene rings is 2. The Morgan fingerprint density at radius 2 is 1.93 bits per heavy atom. The molecule has 0 bridgehead atoms. The zero-order chi connectivity index (χ0) is 21.3. The molecule has 1 saturated heterocycles. The summed E-state index contributed by atoms with van der Waals surface area (Å²) in [5.74, 6) is 0.255. The Labute approximate surface area is 174 Å². The Morgan fingerprint density at radius 3 is 2.67 bits per heavy atom. The number of nitro benzene ring substituents is 1. The zero-order valence-corrected chi connectivity index (χ0v) is 16.7. The number of rotatable bonds is 4. The van der Waals surface area contributed by atoms with Crippen LogP contribution < -0.4 is 15.0 Å². The molecule has 0 aromatic heterocycles. The molecule has 0 atom stereocenters. The first kappa shape index (κ1) is 19.9. The van der Waals surface area contributed by atoms with Crippen LogP contribution >= 0.6 is 0 Å². The number of nitrogens with one attached hydrogen (secondary N) is 1. The minimum Gasteiger partial charge on any atom is -0.423 e. The van der Waals surface area contributed by atoms with Gasteiger partial charge in [-0.3, -0.25) is 14.9 Å². The van der Waals surface area contributed by atoms with Gasteiger partial charge in [0.2, 0.25) is 5.91 Å². The number of nitro groups is 1. The molecule has 8 heteroatoms. The van der Waals surface area contributed by atoms with Crippen LogP contribution in [0.3, 0.4) is 0 Å². The van der Waals surface area contributed by atoms with Gasteiger partial charge in [0.15, 0.2) is 0 Å². The quantitative estimate of drug-likeness (QED) is 0.355. The van der Waals surface area contributed by atoms with Gasteiger partial charge in [0.25, 0.3) is 5.69 Å². The third kappa shape index (κ3) is 4.12. The highest BCUT2D eigenvalue weighted by Crippen LogP contribution is 2.33. The molecule has 0 unspecified atom stereocenters. The van der Waals surface area contributed by atoms with Crippen LogP contribution in [0, 0.1) is 16.0 Å². The summed E-state index contributed by atoms with van der Waals surface area (Å²) in [7, 11) is 0. The number of piperidine rings is 1. The summed E-state index contributed by atoms with van der Waals surface area (Å²) in [6.45, 7) is 3.70. The van der Waals surface area contributed by atoms with Gasteiger partial charge in [0.1, 0.15) is 11.4 Å².